The third-order valence-electron chi connectivity index (χ3n) is 2.26. The third-order valence-corrected chi connectivity index (χ3v) is 3.54. The fourth-order valence-electron chi connectivity index (χ4n) is 1.43. The van der Waals surface area contributed by atoms with Gasteiger partial charge >= 0.3 is 0 Å². The highest BCUT2D eigenvalue weighted by atomic mass is 32.2. The van der Waals surface area contributed by atoms with E-state index in [0.717, 1.165) is 0 Å². The minimum atomic E-state index is 0.324. The molecule has 10 heavy (non-hydrogen) atoms. The molecule has 2 heteroatoms. The molecule has 1 aliphatic heterocycles. The zero-order valence-electron chi connectivity index (χ0n) is 6.85. The summed E-state index contributed by atoms with van der Waals surface area (Å²) in [5.41, 5.74) is 7.39. The van der Waals surface area contributed by atoms with Crippen molar-refractivity contribution in [1.82, 2.24) is 0 Å². The molecule has 0 aromatic heterocycles. The van der Waals surface area contributed by atoms with Crippen LogP contribution in [0.5, 0.6) is 0 Å². The highest BCUT2D eigenvalue weighted by Crippen LogP contribution is 2.40. The quantitative estimate of drug-likeness (QED) is 0.632. The van der Waals surface area contributed by atoms with Crippen molar-refractivity contribution in [2.45, 2.75) is 32.6 Å². The molecule has 1 unspecified atom stereocenters. The molecule has 2 atom stereocenters. The molecular formula is C8H15NS. The Kier molecular flexibility index (Phi) is 2.42. The van der Waals surface area contributed by atoms with Crippen molar-refractivity contribution in [1.29, 1.82) is 0 Å². The van der Waals surface area contributed by atoms with Gasteiger partial charge in [-0.25, -0.2) is 0 Å². The largest absolute Gasteiger partial charge is 0.319 e. The van der Waals surface area contributed by atoms with Crippen LogP contribution in [0.2, 0.25) is 0 Å². The number of thioether (sulfide) groups is 1. The predicted octanol–water partition coefficient (Wildman–Crippen LogP) is 2.34. The molecule has 1 nitrogen and oxygen atoms in total. The zero-order valence-corrected chi connectivity index (χ0v) is 7.66. The zero-order chi connectivity index (χ0) is 7.72. The molecule has 0 bridgehead atoms. The second kappa shape index (κ2) is 2.97. The van der Waals surface area contributed by atoms with Crippen LogP contribution in [0.1, 0.15) is 27.2 Å². The van der Waals surface area contributed by atoms with Gasteiger partial charge < -0.3 is 5.73 Å². The molecule has 0 aromatic rings. The molecule has 58 valence electrons. The van der Waals surface area contributed by atoms with Gasteiger partial charge in [0.05, 0.1) is 5.37 Å². The van der Waals surface area contributed by atoms with Crippen LogP contribution in [0.15, 0.2) is 10.5 Å². The molecular weight excluding hydrogens is 142 g/mol. The summed E-state index contributed by atoms with van der Waals surface area (Å²) in [6, 6.07) is 0. The van der Waals surface area contributed by atoms with Gasteiger partial charge in [-0.3, -0.25) is 0 Å². The minimum Gasteiger partial charge on any atom is -0.319 e. The molecule has 0 saturated heterocycles. The summed E-state index contributed by atoms with van der Waals surface area (Å²) < 4.78 is 0. The second-order valence-electron chi connectivity index (χ2n) is 2.84. The van der Waals surface area contributed by atoms with Gasteiger partial charge in [-0.1, -0.05) is 12.5 Å². The van der Waals surface area contributed by atoms with Crippen LogP contribution in [-0.4, -0.2) is 5.37 Å². The molecule has 2 N–H and O–H groups in total. The third kappa shape index (κ3) is 1.23. The molecule has 1 aliphatic rings. The Morgan fingerprint density at radius 2 is 2.10 bits per heavy atom. The van der Waals surface area contributed by atoms with Crippen LogP contribution in [0.3, 0.4) is 0 Å². The molecule has 0 aromatic carbocycles. The topological polar surface area (TPSA) is 26.0 Å². The molecule has 0 fully saturated rings. The van der Waals surface area contributed by atoms with Crippen molar-refractivity contribution in [2.24, 2.45) is 11.7 Å². The van der Waals surface area contributed by atoms with Gasteiger partial charge in [0, 0.05) is 5.92 Å². The second-order valence-corrected chi connectivity index (χ2v) is 4.23. The van der Waals surface area contributed by atoms with E-state index in [1.165, 1.54) is 16.9 Å². The lowest BCUT2D eigenvalue weighted by Gasteiger charge is -2.13. The smallest absolute Gasteiger partial charge is 0.0617 e. The van der Waals surface area contributed by atoms with Crippen molar-refractivity contribution in [2.75, 3.05) is 0 Å². The van der Waals surface area contributed by atoms with Crippen molar-refractivity contribution in [3.8, 4) is 0 Å². The summed E-state index contributed by atoms with van der Waals surface area (Å²) in [5.74, 6) is 0.630. The van der Waals surface area contributed by atoms with Crippen LogP contribution in [-0.2, 0) is 0 Å². The summed E-state index contributed by atoms with van der Waals surface area (Å²) in [6.45, 7) is 6.56. The monoisotopic (exact) mass is 157 g/mol. The van der Waals surface area contributed by atoms with E-state index in [9.17, 15) is 0 Å². The van der Waals surface area contributed by atoms with Gasteiger partial charge in [0.25, 0.3) is 0 Å². The van der Waals surface area contributed by atoms with E-state index < -0.39 is 0 Å². The van der Waals surface area contributed by atoms with Gasteiger partial charge in [0.2, 0.25) is 0 Å². The van der Waals surface area contributed by atoms with Crippen LogP contribution in [0, 0.1) is 5.92 Å². The van der Waals surface area contributed by atoms with Gasteiger partial charge in [-0.15, -0.1) is 11.8 Å². The lowest BCUT2D eigenvalue weighted by atomic mass is 9.98. The Balaban J connectivity index is 2.72. The molecule has 1 heterocycles. The molecule has 0 radical (unpaired) electrons. The highest BCUT2D eigenvalue weighted by molar-refractivity contribution is 8.03. The first kappa shape index (κ1) is 8.15. The summed E-state index contributed by atoms with van der Waals surface area (Å²) >= 11 is 1.82. The maximum Gasteiger partial charge on any atom is 0.0617 e. The first-order valence-electron chi connectivity index (χ1n) is 3.76. The molecule has 0 aliphatic carbocycles. The Bertz CT molecular complexity index is 163. The first-order chi connectivity index (χ1) is 4.66. The lowest BCUT2D eigenvalue weighted by molar-refractivity contribution is 0.581. The Morgan fingerprint density at radius 3 is 2.30 bits per heavy atom. The number of allylic oxidation sites excluding steroid dienone is 1. The normalized spacial score (nSPS) is 33.6. The van der Waals surface area contributed by atoms with Crippen molar-refractivity contribution >= 4 is 11.8 Å². The lowest BCUT2D eigenvalue weighted by Crippen LogP contribution is -2.22. The Morgan fingerprint density at radius 1 is 1.50 bits per heavy atom. The first-order valence-corrected chi connectivity index (χ1v) is 4.64. The van der Waals surface area contributed by atoms with Crippen LogP contribution >= 0.6 is 11.8 Å². The van der Waals surface area contributed by atoms with E-state index in [-0.39, 0.29) is 0 Å². The fraction of sp³-hybridized carbons (Fsp3) is 0.750. The SMILES string of the molecule is CC[C@@H]1C(C)=C(C)SC1N. The van der Waals surface area contributed by atoms with E-state index in [2.05, 4.69) is 20.8 Å². The predicted molar refractivity (Wildman–Crippen MR) is 47.7 cm³/mol. The number of hydrogen-bond donors (Lipinski definition) is 1. The average Bonchev–Trinajstić information content (AvgIpc) is 2.09. The standard InChI is InChI=1S/C8H15NS/c1-4-7-5(2)6(3)10-8(7)9/h7-8H,4,9H2,1-3H3/t7-,8?/m1/s1. The van der Waals surface area contributed by atoms with E-state index >= 15 is 0 Å². The van der Waals surface area contributed by atoms with Crippen LogP contribution in [0.25, 0.3) is 0 Å². The van der Waals surface area contributed by atoms with E-state index in [1.54, 1.807) is 0 Å². The maximum absolute atomic E-state index is 5.89. The average molecular weight is 157 g/mol. The number of hydrogen-bond acceptors (Lipinski definition) is 2. The summed E-state index contributed by atoms with van der Waals surface area (Å²) in [4.78, 5) is 1.43. The Hall–Kier alpha value is 0.0500. The minimum absolute atomic E-state index is 0.324. The van der Waals surface area contributed by atoms with Crippen molar-refractivity contribution in [3.63, 3.8) is 0 Å². The van der Waals surface area contributed by atoms with Crippen LogP contribution in [0.4, 0.5) is 0 Å². The maximum atomic E-state index is 5.89. The van der Waals surface area contributed by atoms with Crippen molar-refractivity contribution in [3.05, 3.63) is 10.5 Å². The highest BCUT2D eigenvalue weighted by Gasteiger charge is 2.26. The number of rotatable bonds is 1. The van der Waals surface area contributed by atoms with Gasteiger partial charge in [0.15, 0.2) is 0 Å². The fourth-order valence-corrected chi connectivity index (χ4v) is 2.73. The molecule has 1 rings (SSSR count). The van der Waals surface area contributed by atoms with Gasteiger partial charge in [-0.05, 0) is 25.2 Å². The van der Waals surface area contributed by atoms with Crippen molar-refractivity contribution < 1.29 is 0 Å². The number of nitrogens with two attached hydrogens (primary N) is 1. The molecule has 0 saturated carbocycles. The van der Waals surface area contributed by atoms with E-state index in [1.807, 2.05) is 11.8 Å². The van der Waals surface area contributed by atoms with Crippen LogP contribution < -0.4 is 5.73 Å². The summed E-state index contributed by atoms with van der Waals surface area (Å²) in [7, 11) is 0. The van der Waals surface area contributed by atoms with Gasteiger partial charge in [-0.2, -0.15) is 0 Å². The summed E-state index contributed by atoms with van der Waals surface area (Å²) in [6.07, 6.45) is 1.18. The molecule has 0 amide bonds. The van der Waals surface area contributed by atoms with E-state index in [0.29, 0.717) is 11.3 Å². The van der Waals surface area contributed by atoms with Gasteiger partial charge in [0.1, 0.15) is 0 Å². The molecule has 0 spiro atoms. The van der Waals surface area contributed by atoms with E-state index in [4.69, 9.17) is 5.73 Å². The summed E-state index contributed by atoms with van der Waals surface area (Å²) in [5, 5.41) is 0.324. The Labute approximate surface area is 67.1 Å².